The van der Waals surface area contributed by atoms with Gasteiger partial charge in [-0.3, -0.25) is 4.79 Å². The fourth-order valence-corrected chi connectivity index (χ4v) is 2.28. The lowest BCUT2D eigenvalue weighted by Gasteiger charge is -2.30. The van der Waals surface area contributed by atoms with Crippen LogP contribution in [0, 0.1) is 11.3 Å². The summed E-state index contributed by atoms with van der Waals surface area (Å²) in [5, 5.41) is 3.33. The van der Waals surface area contributed by atoms with Gasteiger partial charge in [-0.05, 0) is 42.9 Å². The van der Waals surface area contributed by atoms with Crippen LogP contribution in [0.1, 0.15) is 40.0 Å². The molecule has 0 radical (unpaired) electrons. The lowest BCUT2D eigenvalue weighted by molar-refractivity contribution is -0.116. The molecular formula is C15H24ClN3O. The Balaban J connectivity index is 2.47. The van der Waals surface area contributed by atoms with Gasteiger partial charge in [-0.2, -0.15) is 0 Å². The quantitative estimate of drug-likeness (QED) is 0.845. The van der Waals surface area contributed by atoms with E-state index in [-0.39, 0.29) is 11.3 Å². The van der Waals surface area contributed by atoms with Crippen molar-refractivity contribution >= 4 is 23.3 Å². The summed E-state index contributed by atoms with van der Waals surface area (Å²) in [6, 6.07) is 3.40. The van der Waals surface area contributed by atoms with E-state index in [1.807, 2.05) is 0 Å². The van der Waals surface area contributed by atoms with Gasteiger partial charge in [0.05, 0.1) is 5.02 Å². The predicted octanol–water partition coefficient (Wildman–Crippen LogP) is 3.46. The van der Waals surface area contributed by atoms with Crippen molar-refractivity contribution in [1.29, 1.82) is 0 Å². The standard InChI is InChI=1S/C15H24ClN3O/c1-15(2,3)11(8-9-17)4-7-14(20)19-13-6-5-12(16)10-18-13/h5-6,10-11H,4,7-9,17H2,1-3H3,(H,18,19,20). The number of pyridine rings is 1. The lowest BCUT2D eigenvalue weighted by atomic mass is 9.76. The number of nitrogens with two attached hydrogens (primary N) is 1. The molecule has 0 bridgehead atoms. The molecule has 0 fully saturated rings. The van der Waals surface area contributed by atoms with Crippen molar-refractivity contribution in [2.45, 2.75) is 40.0 Å². The van der Waals surface area contributed by atoms with Gasteiger partial charge in [-0.1, -0.05) is 32.4 Å². The number of nitrogens with one attached hydrogen (secondary N) is 1. The zero-order valence-corrected chi connectivity index (χ0v) is 13.2. The van der Waals surface area contributed by atoms with Crippen molar-refractivity contribution in [2.24, 2.45) is 17.1 Å². The highest BCUT2D eigenvalue weighted by atomic mass is 35.5. The number of hydrogen-bond donors (Lipinski definition) is 2. The molecule has 1 aromatic rings. The van der Waals surface area contributed by atoms with E-state index >= 15 is 0 Å². The summed E-state index contributed by atoms with van der Waals surface area (Å²) in [6.45, 7) is 7.21. The first kappa shape index (κ1) is 16.9. The molecule has 1 aromatic heterocycles. The summed E-state index contributed by atoms with van der Waals surface area (Å²) in [4.78, 5) is 16.0. The summed E-state index contributed by atoms with van der Waals surface area (Å²) >= 11 is 5.75. The van der Waals surface area contributed by atoms with Gasteiger partial charge in [0, 0.05) is 12.6 Å². The molecule has 1 unspecified atom stereocenters. The van der Waals surface area contributed by atoms with E-state index in [1.54, 1.807) is 12.1 Å². The number of carbonyl (C=O) groups excluding carboxylic acids is 1. The van der Waals surface area contributed by atoms with Gasteiger partial charge in [-0.15, -0.1) is 0 Å². The Hall–Kier alpha value is -1.13. The second kappa shape index (κ2) is 7.60. The smallest absolute Gasteiger partial charge is 0.225 e. The number of halogens is 1. The number of rotatable bonds is 6. The summed E-state index contributed by atoms with van der Waals surface area (Å²) in [5.41, 5.74) is 5.81. The molecule has 0 saturated carbocycles. The maximum atomic E-state index is 11.9. The topological polar surface area (TPSA) is 68.0 Å². The van der Waals surface area contributed by atoms with Gasteiger partial charge in [0.1, 0.15) is 5.82 Å². The largest absolute Gasteiger partial charge is 0.330 e. The highest BCUT2D eigenvalue weighted by molar-refractivity contribution is 6.30. The van der Waals surface area contributed by atoms with Crippen molar-refractivity contribution in [2.75, 3.05) is 11.9 Å². The minimum absolute atomic E-state index is 0.0221. The number of aromatic nitrogens is 1. The molecule has 4 nitrogen and oxygen atoms in total. The molecular weight excluding hydrogens is 274 g/mol. The van der Waals surface area contributed by atoms with Crippen LogP contribution in [0.4, 0.5) is 5.82 Å². The Morgan fingerprint density at radius 1 is 1.40 bits per heavy atom. The molecule has 0 aliphatic rings. The van der Waals surface area contributed by atoms with E-state index in [0.29, 0.717) is 29.7 Å². The number of carbonyl (C=O) groups is 1. The van der Waals surface area contributed by atoms with Crippen molar-refractivity contribution in [1.82, 2.24) is 4.98 Å². The minimum atomic E-state index is -0.0221. The third-order valence-corrected chi connectivity index (χ3v) is 3.68. The van der Waals surface area contributed by atoms with E-state index in [0.717, 1.165) is 12.8 Å². The van der Waals surface area contributed by atoms with Crippen LogP contribution in [-0.4, -0.2) is 17.4 Å². The Kier molecular flexibility index (Phi) is 6.43. The summed E-state index contributed by atoms with van der Waals surface area (Å²) < 4.78 is 0. The molecule has 1 amide bonds. The number of nitrogens with zero attached hydrogens (tertiary/aromatic N) is 1. The molecule has 5 heteroatoms. The summed E-state index contributed by atoms with van der Waals surface area (Å²) in [7, 11) is 0. The van der Waals surface area contributed by atoms with Gasteiger partial charge in [-0.25, -0.2) is 4.98 Å². The van der Waals surface area contributed by atoms with Crippen LogP contribution in [0.5, 0.6) is 0 Å². The van der Waals surface area contributed by atoms with E-state index in [2.05, 4.69) is 31.1 Å². The molecule has 1 heterocycles. The second-order valence-electron chi connectivity index (χ2n) is 6.09. The molecule has 112 valence electrons. The lowest BCUT2D eigenvalue weighted by Crippen LogP contribution is -2.25. The number of amides is 1. The summed E-state index contributed by atoms with van der Waals surface area (Å²) in [6.07, 6.45) is 3.77. The Morgan fingerprint density at radius 2 is 2.10 bits per heavy atom. The summed E-state index contributed by atoms with van der Waals surface area (Å²) in [5.74, 6) is 0.952. The zero-order chi connectivity index (χ0) is 15.2. The van der Waals surface area contributed by atoms with Gasteiger partial charge in [0.25, 0.3) is 0 Å². The number of anilines is 1. The minimum Gasteiger partial charge on any atom is -0.330 e. The fourth-order valence-electron chi connectivity index (χ4n) is 2.17. The van der Waals surface area contributed by atoms with Crippen molar-refractivity contribution in [3.63, 3.8) is 0 Å². The highest BCUT2D eigenvalue weighted by Crippen LogP contribution is 2.32. The van der Waals surface area contributed by atoms with Crippen LogP contribution in [0.15, 0.2) is 18.3 Å². The van der Waals surface area contributed by atoms with Crippen LogP contribution in [0.2, 0.25) is 5.02 Å². The average Bonchev–Trinajstić information content (AvgIpc) is 2.36. The fraction of sp³-hybridized carbons (Fsp3) is 0.600. The van der Waals surface area contributed by atoms with Gasteiger partial charge in [0.2, 0.25) is 5.91 Å². The monoisotopic (exact) mass is 297 g/mol. The Morgan fingerprint density at radius 3 is 2.60 bits per heavy atom. The molecule has 0 aliphatic carbocycles. The van der Waals surface area contributed by atoms with E-state index in [9.17, 15) is 4.79 Å². The van der Waals surface area contributed by atoms with Crippen LogP contribution >= 0.6 is 11.6 Å². The molecule has 0 aromatic carbocycles. The van der Waals surface area contributed by atoms with E-state index in [1.165, 1.54) is 6.20 Å². The van der Waals surface area contributed by atoms with Crippen LogP contribution in [0.3, 0.4) is 0 Å². The van der Waals surface area contributed by atoms with Crippen LogP contribution in [0.25, 0.3) is 0 Å². The predicted molar refractivity (Wildman–Crippen MR) is 83.7 cm³/mol. The van der Waals surface area contributed by atoms with Gasteiger partial charge >= 0.3 is 0 Å². The Labute approximate surface area is 126 Å². The Bertz CT molecular complexity index is 426. The molecule has 0 spiro atoms. The maximum Gasteiger partial charge on any atom is 0.225 e. The molecule has 1 rings (SSSR count). The first-order chi connectivity index (χ1) is 9.32. The third-order valence-electron chi connectivity index (χ3n) is 3.45. The van der Waals surface area contributed by atoms with Crippen LogP contribution in [-0.2, 0) is 4.79 Å². The molecule has 3 N–H and O–H groups in total. The number of hydrogen-bond acceptors (Lipinski definition) is 3. The SMILES string of the molecule is CC(C)(C)C(CCN)CCC(=O)Nc1ccc(Cl)cn1. The molecule has 0 aliphatic heterocycles. The highest BCUT2D eigenvalue weighted by Gasteiger charge is 2.24. The molecule has 0 saturated heterocycles. The van der Waals surface area contributed by atoms with Crippen molar-refractivity contribution in [3.8, 4) is 0 Å². The average molecular weight is 298 g/mol. The van der Waals surface area contributed by atoms with Gasteiger partial charge in [0.15, 0.2) is 0 Å². The van der Waals surface area contributed by atoms with Crippen LogP contribution < -0.4 is 11.1 Å². The molecule has 20 heavy (non-hydrogen) atoms. The second-order valence-corrected chi connectivity index (χ2v) is 6.53. The molecule has 1 atom stereocenters. The zero-order valence-electron chi connectivity index (χ0n) is 12.4. The maximum absolute atomic E-state index is 11.9. The van der Waals surface area contributed by atoms with Gasteiger partial charge < -0.3 is 11.1 Å². The van der Waals surface area contributed by atoms with Crippen molar-refractivity contribution in [3.05, 3.63) is 23.4 Å². The van der Waals surface area contributed by atoms with E-state index < -0.39 is 0 Å². The normalized spacial score (nSPS) is 13.1. The van der Waals surface area contributed by atoms with E-state index in [4.69, 9.17) is 17.3 Å². The first-order valence-corrected chi connectivity index (χ1v) is 7.32. The third kappa shape index (κ3) is 5.88. The van der Waals surface area contributed by atoms with Crippen molar-refractivity contribution < 1.29 is 4.79 Å². The first-order valence-electron chi connectivity index (χ1n) is 6.94.